The van der Waals surface area contributed by atoms with Crippen LogP contribution in [0.15, 0.2) is 36.5 Å². The maximum atomic E-state index is 2.34. The first-order valence-electron chi connectivity index (χ1n) is 6.87. The van der Waals surface area contributed by atoms with Gasteiger partial charge in [0.25, 0.3) is 0 Å². The van der Waals surface area contributed by atoms with Crippen LogP contribution in [-0.2, 0) is 12.5 Å². The second-order valence-electron chi connectivity index (χ2n) is 6.48. The summed E-state index contributed by atoms with van der Waals surface area (Å²) in [6.45, 7) is 11.1. The molecule has 1 heteroatoms. The van der Waals surface area contributed by atoms with Crippen LogP contribution < -0.4 is 4.57 Å². The van der Waals surface area contributed by atoms with E-state index in [1.54, 1.807) is 0 Å². The smallest absolute Gasteiger partial charge is 0.201 e. The highest BCUT2D eigenvalue weighted by molar-refractivity contribution is 5.63. The zero-order valence-corrected chi connectivity index (χ0v) is 12.9. The summed E-state index contributed by atoms with van der Waals surface area (Å²) >= 11 is 0. The first-order chi connectivity index (χ1) is 8.79. The normalized spacial score (nSPS) is 11.7. The van der Waals surface area contributed by atoms with Crippen molar-refractivity contribution in [1.82, 2.24) is 0 Å². The van der Waals surface area contributed by atoms with Gasteiger partial charge in [-0.15, -0.1) is 0 Å². The van der Waals surface area contributed by atoms with Gasteiger partial charge in [-0.2, -0.15) is 0 Å². The molecule has 19 heavy (non-hydrogen) atoms. The molecule has 0 aliphatic carbocycles. The van der Waals surface area contributed by atoms with E-state index in [4.69, 9.17) is 0 Å². The van der Waals surface area contributed by atoms with Gasteiger partial charge in [0.2, 0.25) is 5.69 Å². The summed E-state index contributed by atoms with van der Waals surface area (Å²) in [5.41, 5.74) is 6.81. The molecule has 1 heterocycles. The number of pyridine rings is 1. The number of benzene rings is 1. The number of aromatic nitrogens is 1. The molecule has 0 saturated carbocycles. The van der Waals surface area contributed by atoms with E-state index in [0.717, 1.165) is 0 Å². The molecule has 0 unspecified atom stereocenters. The first-order valence-corrected chi connectivity index (χ1v) is 6.87. The van der Waals surface area contributed by atoms with Crippen LogP contribution in [0.2, 0.25) is 0 Å². The summed E-state index contributed by atoms with van der Waals surface area (Å²) in [5, 5.41) is 0. The van der Waals surface area contributed by atoms with Crippen LogP contribution in [-0.4, -0.2) is 0 Å². The third kappa shape index (κ3) is 2.86. The monoisotopic (exact) mass is 254 g/mol. The number of aryl methyl sites for hydroxylation is 3. The van der Waals surface area contributed by atoms with Crippen molar-refractivity contribution in [3.8, 4) is 11.3 Å². The van der Waals surface area contributed by atoms with Gasteiger partial charge in [-0.1, -0.05) is 32.9 Å². The Morgan fingerprint density at radius 2 is 1.63 bits per heavy atom. The topological polar surface area (TPSA) is 3.88 Å². The predicted molar refractivity (Wildman–Crippen MR) is 81.2 cm³/mol. The second-order valence-corrected chi connectivity index (χ2v) is 6.48. The minimum atomic E-state index is 0.185. The number of rotatable bonds is 1. The van der Waals surface area contributed by atoms with Crippen molar-refractivity contribution in [2.75, 3.05) is 0 Å². The fourth-order valence-corrected chi connectivity index (χ4v) is 2.31. The van der Waals surface area contributed by atoms with E-state index in [2.05, 4.69) is 82.8 Å². The van der Waals surface area contributed by atoms with Crippen molar-refractivity contribution in [2.45, 2.75) is 40.0 Å². The first kappa shape index (κ1) is 13.8. The Hall–Kier alpha value is -1.63. The van der Waals surface area contributed by atoms with Gasteiger partial charge in [-0.3, -0.25) is 0 Å². The van der Waals surface area contributed by atoms with Gasteiger partial charge in [0, 0.05) is 17.7 Å². The predicted octanol–water partition coefficient (Wildman–Crippen LogP) is 4.09. The SMILES string of the molecule is Cc1cc[n+](C)c(-c2cc(C(C)(C)C)ccc2C)c1. The number of hydrogen-bond donors (Lipinski definition) is 0. The average Bonchev–Trinajstić information content (AvgIpc) is 2.32. The molecule has 2 rings (SSSR count). The molecule has 1 aromatic heterocycles. The van der Waals surface area contributed by atoms with Crippen molar-refractivity contribution in [3.63, 3.8) is 0 Å². The van der Waals surface area contributed by atoms with Gasteiger partial charge < -0.3 is 0 Å². The van der Waals surface area contributed by atoms with Crippen LogP contribution in [0, 0.1) is 13.8 Å². The van der Waals surface area contributed by atoms with Crippen molar-refractivity contribution in [3.05, 3.63) is 53.2 Å². The van der Waals surface area contributed by atoms with Crippen LogP contribution in [0.25, 0.3) is 11.3 Å². The van der Waals surface area contributed by atoms with Gasteiger partial charge >= 0.3 is 0 Å². The Labute approximate surface area is 116 Å². The van der Waals surface area contributed by atoms with Gasteiger partial charge in [0.15, 0.2) is 6.20 Å². The van der Waals surface area contributed by atoms with E-state index in [9.17, 15) is 0 Å². The molecule has 0 amide bonds. The van der Waals surface area contributed by atoms with E-state index in [0.29, 0.717) is 0 Å². The maximum Gasteiger partial charge on any atom is 0.212 e. The van der Waals surface area contributed by atoms with Crippen LogP contribution in [0.3, 0.4) is 0 Å². The highest BCUT2D eigenvalue weighted by atomic mass is 14.9. The van der Waals surface area contributed by atoms with Gasteiger partial charge in [-0.25, -0.2) is 4.57 Å². The molecule has 0 fully saturated rings. The Kier molecular flexibility index (Phi) is 3.49. The van der Waals surface area contributed by atoms with Crippen molar-refractivity contribution in [2.24, 2.45) is 7.05 Å². The molecule has 0 spiro atoms. The number of nitrogens with zero attached hydrogens (tertiary/aromatic N) is 1. The minimum absolute atomic E-state index is 0.185. The summed E-state index contributed by atoms with van der Waals surface area (Å²) in [7, 11) is 2.11. The van der Waals surface area contributed by atoms with Crippen molar-refractivity contribution < 1.29 is 4.57 Å². The van der Waals surface area contributed by atoms with Crippen LogP contribution >= 0.6 is 0 Å². The van der Waals surface area contributed by atoms with Gasteiger partial charge in [0.1, 0.15) is 7.05 Å². The molecule has 0 aliphatic rings. The summed E-state index contributed by atoms with van der Waals surface area (Å²) in [6.07, 6.45) is 2.13. The molecular weight excluding hydrogens is 230 g/mol. The highest BCUT2D eigenvalue weighted by Gasteiger charge is 2.18. The van der Waals surface area contributed by atoms with Gasteiger partial charge in [0.05, 0.1) is 0 Å². The second kappa shape index (κ2) is 4.80. The standard InChI is InChI=1S/C18H24N/c1-13-9-10-19(6)17(11-13)16-12-15(18(3,4)5)8-7-14(16)2/h7-12H,1-6H3/q+1. The third-order valence-corrected chi connectivity index (χ3v) is 3.68. The van der Waals surface area contributed by atoms with Crippen LogP contribution in [0.5, 0.6) is 0 Å². The lowest BCUT2D eigenvalue weighted by Gasteiger charge is -2.20. The molecule has 100 valence electrons. The Bertz CT molecular complexity index is 604. The van der Waals surface area contributed by atoms with E-state index in [1.165, 1.54) is 27.9 Å². The van der Waals surface area contributed by atoms with E-state index < -0.39 is 0 Å². The Morgan fingerprint density at radius 3 is 2.26 bits per heavy atom. The molecule has 0 radical (unpaired) electrons. The molecule has 0 N–H and O–H groups in total. The maximum absolute atomic E-state index is 2.34. The molecule has 0 aliphatic heterocycles. The summed E-state index contributed by atoms with van der Waals surface area (Å²) in [5.74, 6) is 0. The fraction of sp³-hybridized carbons (Fsp3) is 0.389. The zero-order chi connectivity index (χ0) is 14.2. The molecular formula is C18H24N+. The summed E-state index contributed by atoms with van der Waals surface area (Å²) in [6, 6.07) is 11.2. The molecule has 1 aromatic carbocycles. The largest absolute Gasteiger partial charge is 0.212 e. The molecule has 2 aromatic rings. The third-order valence-electron chi connectivity index (χ3n) is 3.68. The fourth-order valence-electron chi connectivity index (χ4n) is 2.31. The Morgan fingerprint density at radius 1 is 0.947 bits per heavy atom. The minimum Gasteiger partial charge on any atom is -0.201 e. The van der Waals surface area contributed by atoms with Crippen molar-refractivity contribution in [1.29, 1.82) is 0 Å². The van der Waals surface area contributed by atoms with E-state index in [-0.39, 0.29) is 5.41 Å². The lowest BCUT2D eigenvalue weighted by molar-refractivity contribution is -0.660. The van der Waals surface area contributed by atoms with Crippen LogP contribution in [0.1, 0.15) is 37.5 Å². The van der Waals surface area contributed by atoms with E-state index >= 15 is 0 Å². The van der Waals surface area contributed by atoms with E-state index in [1.807, 2.05) is 0 Å². The molecule has 0 bridgehead atoms. The zero-order valence-electron chi connectivity index (χ0n) is 12.9. The highest BCUT2D eigenvalue weighted by Crippen LogP contribution is 2.28. The molecule has 0 atom stereocenters. The molecule has 0 saturated heterocycles. The van der Waals surface area contributed by atoms with Crippen LogP contribution in [0.4, 0.5) is 0 Å². The van der Waals surface area contributed by atoms with Gasteiger partial charge in [-0.05, 0) is 42.0 Å². The lowest BCUT2D eigenvalue weighted by Crippen LogP contribution is -2.30. The Balaban J connectivity index is 2.64. The lowest BCUT2D eigenvalue weighted by atomic mass is 9.85. The summed E-state index contributed by atoms with van der Waals surface area (Å²) in [4.78, 5) is 0. The number of hydrogen-bond acceptors (Lipinski definition) is 0. The quantitative estimate of drug-likeness (QED) is 0.675. The average molecular weight is 254 g/mol. The molecule has 1 nitrogen and oxygen atoms in total. The summed E-state index contributed by atoms with van der Waals surface area (Å²) < 4.78 is 2.20. The van der Waals surface area contributed by atoms with Crippen molar-refractivity contribution >= 4 is 0 Å².